The Balaban J connectivity index is 4.30. The van der Waals surface area contributed by atoms with E-state index < -0.39 is 6.10 Å². The molecule has 0 rings (SSSR count). The van der Waals surface area contributed by atoms with E-state index >= 15 is 0 Å². The van der Waals surface area contributed by atoms with Crippen molar-refractivity contribution in [3.63, 3.8) is 0 Å². The molecule has 0 N–H and O–H groups in total. The van der Waals surface area contributed by atoms with Gasteiger partial charge >= 0.3 is 17.9 Å². The molecule has 1 unspecified atom stereocenters. The van der Waals surface area contributed by atoms with E-state index in [1.807, 2.05) is 0 Å². The minimum absolute atomic E-state index is 0.0636. The molecule has 6 nitrogen and oxygen atoms in total. The van der Waals surface area contributed by atoms with Crippen molar-refractivity contribution in [3.8, 4) is 0 Å². The van der Waals surface area contributed by atoms with Gasteiger partial charge in [0, 0.05) is 19.3 Å². The highest BCUT2D eigenvalue weighted by atomic mass is 16.6. The summed E-state index contributed by atoms with van der Waals surface area (Å²) in [4.78, 5) is 38.0. The van der Waals surface area contributed by atoms with Crippen molar-refractivity contribution in [1.82, 2.24) is 0 Å². The molecule has 61 heavy (non-hydrogen) atoms. The van der Waals surface area contributed by atoms with E-state index in [-0.39, 0.29) is 31.1 Å². The zero-order valence-corrected chi connectivity index (χ0v) is 41.8. The summed E-state index contributed by atoms with van der Waals surface area (Å²) in [5.74, 6) is 0.830. The van der Waals surface area contributed by atoms with Crippen LogP contribution in [0.5, 0.6) is 0 Å². The summed E-state index contributed by atoms with van der Waals surface area (Å²) in [6, 6.07) is 0. The monoisotopic (exact) mass is 863 g/mol. The summed E-state index contributed by atoms with van der Waals surface area (Å²) in [6.07, 6.45) is 49.4. The van der Waals surface area contributed by atoms with Crippen molar-refractivity contribution in [3.05, 3.63) is 0 Å². The van der Waals surface area contributed by atoms with Crippen LogP contribution in [0.4, 0.5) is 0 Å². The Morgan fingerprint density at radius 2 is 0.623 bits per heavy atom. The lowest BCUT2D eigenvalue weighted by molar-refractivity contribution is -0.167. The van der Waals surface area contributed by atoms with E-state index in [4.69, 9.17) is 14.2 Å². The first-order valence-corrected chi connectivity index (χ1v) is 27.3. The van der Waals surface area contributed by atoms with Gasteiger partial charge in [-0.3, -0.25) is 14.4 Å². The molecular formula is C55H106O6. The molecule has 362 valence electrons. The highest BCUT2D eigenvalue weighted by Gasteiger charge is 2.19. The van der Waals surface area contributed by atoms with Crippen LogP contribution in [0.15, 0.2) is 0 Å². The molecule has 0 fully saturated rings. The third-order valence-electron chi connectivity index (χ3n) is 12.8. The summed E-state index contributed by atoms with van der Waals surface area (Å²) in [7, 11) is 0. The van der Waals surface area contributed by atoms with Gasteiger partial charge in [-0.15, -0.1) is 0 Å². The molecule has 0 aliphatic rings. The molecule has 0 saturated heterocycles. The number of hydrogen-bond acceptors (Lipinski definition) is 6. The Kier molecular flexibility index (Phi) is 46.6. The smallest absolute Gasteiger partial charge is 0.306 e. The molecular weight excluding hydrogens is 757 g/mol. The normalized spacial score (nSPS) is 12.5. The van der Waals surface area contributed by atoms with Crippen LogP contribution in [-0.2, 0) is 28.6 Å². The first-order chi connectivity index (χ1) is 29.8. The van der Waals surface area contributed by atoms with Crippen LogP contribution in [-0.4, -0.2) is 37.2 Å². The summed E-state index contributed by atoms with van der Waals surface area (Å²) in [5, 5.41) is 0. The fraction of sp³-hybridized carbons (Fsp3) is 0.945. The van der Waals surface area contributed by atoms with Crippen LogP contribution in [0.2, 0.25) is 0 Å². The Morgan fingerprint density at radius 1 is 0.344 bits per heavy atom. The van der Waals surface area contributed by atoms with Gasteiger partial charge in [0.1, 0.15) is 13.2 Å². The number of unbranched alkanes of at least 4 members (excludes halogenated alkanes) is 33. The quantitative estimate of drug-likeness (QED) is 0.0344. The molecule has 0 heterocycles. The van der Waals surface area contributed by atoms with E-state index in [0.717, 1.165) is 69.6 Å². The van der Waals surface area contributed by atoms with Crippen molar-refractivity contribution in [2.75, 3.05) is 13.2 Å². The number of esters is 3. The highest BCUT2D eigenvalue weighted by Crippen LogP contribution is 2.18. The lowest BCUT2D eigenvalue weighted by atomic mass is 9.99. The predicted octanol–water partition coefficient (Wildman–Crippen LogP) is 17.7. The second-order valence-corrected chi connectivity index (χ2v) is 19.6. The van der Waals surface area contributed by atoms with Gasteiger partial charge in [0.05, 0.1) is 0 Å². The maximum Gasteiger partial charge on any atom is 0.306 e. The maximum absolute atomic E-state index is 12.8. The molecule has 2 atom stereocenters. The molecule has 0 aromatic heterocycles. The van der Waals surface area contributed by atoms with Crippen LogP contribution >= 0.6 is 0 Å². The molecule has 0 aliphatic heterocycles. The van der Waals surface area contributed by atoms with Gasteiger partial charge in [0.25, 0.3) is 0 Å². The van der Waals surface area contributed by atoms with Crippen molar-refractivity contribution in [1.29, 1.82) is 0 Å². The van der Waals surface area contributed by atoms with Gasteiger partial charge in [-0.25, -0.2) is 0 Å². The second kappa shape index (κ2) is 47.9. The second-order valence-electron chi connectivity index (χ2n) is 19.6. The summed E-state index contributed by atoms with van der Waals surface area (Å²) in [6.45, 7) is 11.4. The molecule has 0 aromatic carbocycles. The van der Waals surface area contributed by atoms with Gasteiger partial charge < -0.3 is 14.2 Å². The van der Waals surface area contributed by atoms with Gasteiger partial charge in [0.15, 0.2) is 6.10 Å². The predicted molar refractivity (Wildman–Crippen MR) is 261 cm³/mol. The van der Waals surface area contributed by atoms with Crippen LogP contribution in [0.1, 0.15) is 304 Å². The average Bonchev–Trinajstić information content (AvgIpc) is 3.24. The van der Waals surface area contributed by atoms with Crippen molar-refractivity contribution >= 4 is 17.9 Å². The molecule has 0 aromatic rings. The third-order valence-corrected chi connectivity index (χ3v) is 12.8. The Morgan fingerprint density at radius 3 is 0.934 bits per heavy atom. The number of carbonyl (C=O) groups excluding carboxylic acids is 3. The van der Waals surface area contributed by atoms with Crippen molar-refractivity contribution < 1.29 is 28.6 Å². The largest absolute Gasteiger partial charge is 0.462 e. The lowest BCUT2D eigenvalue weighted by Gasteiger charge is -2.18. The van der Waals surface area contributed by atoms with E-state index in [2.05, 4.69) is 34.6 Å². The van der Waals surface area contributed by atoms with Crippen LogP contribution < -0.4 is 0 Å². The van der Waals surface area contributed by atoms with E-state index in [0.29, 0.717) is 19.3 Å². The fourth-order valence-electron chi connectivity index (χ4n) is 8.31. The number of carbonyl (C=O) groups is 3. The van der Waals surface area contributed by atoms with E-state index in [1.54, 1.807) is 0 Å². The Hall–Kier alpha value is -1.59. The van der Waals surface area contributed by atoms with Crippen molar-refractivity contribution in [2.24, 2.45) is 11.8 Å². The zero-order valence-electron chi connectivity index (χ0n) is 41.8. The Bertz CT molecular complexity index is 933. The topological polar surface area (TPSA) is 78.9 Å². The molecule has 6 heteroatoms. The third kappa shape index (κ3) is 47.7. The Labute approximate surface area is 380 Å². The highest BCUT2D eigenvalue weighted by molar-refractivity contribution is 5.71. The van der Waals surface area contributed by atoms with E-state index in [1.165, 1.54) is 193 Å². The standard InChI is InChI=1S/C55H106O6/c1-6-8-9-10-11-12-13-14-15-16-17-18-19-25-30-35-40-45-53(56)59-48-52(49-60-54(57)46-41-36-31-27-22-23-28-33-38-43-50(3)4)61-55(58)47-42-37-32-26-21-20-24-29-34-39-44-51(5)7-2/h50-52H,6-49H2,1-5H3/t51?,52-/m0/s1. The van der Waals surface area contributed by atoms with Crippen molar-refractivity contribution in [2.45, 2.75) is 310 Å². The zero-order chi connectivity index (χ0) is 44.7. The van der Waals surface area contributed by atoms with Gasteiger partial charge in [-0.1, -0.05) is 266 Å². The summed E-state index contributed by atoms with van der Waals surface area (Å²) < 4.78 is 16.8. The number of hydrogen-bond donors (Lipinski definition) is 0. The van der Waals surface area contributed by atoms with Crippen LogP contribution in [0, 0.1) is 11.8 Å². The molecule has 0 amide bonds. The average molecular weight is 863 g/mol. The summed E-state index contributed by atoms with van der Waals surface area (Å²) in [5.41, 5.74) is 0. The fourth-order valence-corrected chi connectivity index (χ4v) is 8.31. The number of rotatable bonds is 49. The number of ether oxygens (including phenoxy) is 3. The molecule has 0 spiro atoms. The maximum atomic E-state index is 12.8. The van der Waals surface area contributed by atoms with Gasteiger partial charge in [0.2, 0.25) is 0 Å². The molecule has 0 radical (unpaired) electrons. The van der Waals surface area contributed by atoms with Crippen LogP contribution in [0.3, 0.4) is 0 Å². The van der Waals surface area contributed by atoms with Crippen LogP contribution in [0.25, 0.3) is 0 Å². The van der Waals surface area contributed by atoms with Gasteiger partial charge in [-0.05, 0) is 31.1 Å². The molecule has 0 bridgehead atoms. The minimum atomic E-state index is -0.762. The van der Waals surface area contributed by atoms with E-state index in [9.17, 15) is 14.4 Å². The summed E-state index contributed by atoms with van der Waals surface area (Å²) >= 11 is 0. The van der Waals surface area contributed by atoms with Gasteiger partial charge in [-0.2, -0.15) is 0 Å². The first-order valence-electron chi connectivity index (χ1n) is 27.3. The molecule has 0 saturated carbocycles. The minimum Gasteiger partial charge on any atom is -0.462 e. The first kappa shape index (κ1) is 59.4. The lowest BCUT2D eigenvalue weighted by Crippen LogP contribution is -2.30. The molecule has 0 aliphatic carbocycles. The SMILES string of the molecule is CCCCCCCCCCCCCCCCCCCC(=O)OC[C@@H](COC(=O)CCCCCCCCCCCC(C)C)OC(=O)CCCCCCCCCCCCC(C)CC.